The summed E-state index contributed by atoms with van der Waals surface area (Å²) in [5.41, 5.74) is 0.973. The Kier molecular flexibility index (Phi) is 5.46. The molecule has 3 amide bonds. The number of hydrogen-bond acceptors (Lipinski definition) is 3. The van der Waals surface area contributed by atoms with Gasteiger partial charge in [0.1, 0.15) is 11.5 Å². The van der Waals surface area contributed by atoms with Gasteiger partial charge in [-0.1, -0.05) is 0 Å². The minimum Gasteiger partial charge on any atom is -0.466 e. The number of nitrogens with one attached hydrogen (secondary N) is 2. The molecule has 1 aromatic rings. The number of nitrogens with zero attached hydrogens (tertiary/aromatic N) is 1. The monoisotopic (exact) mass is 307 g/mol. The second-order valence-corrected chi connectivity index (χ2v) is 5.83. The van der Waals surface area contributed by atoms with Gasteiger partial charge in [0.25, 0.3) is 0 Å². The Morgan fingerprint density at radius 3 is 2.59 bits per heavy atom. The molecule has 0 radical (unpaired) electrons. The highest BCUT2D eigenvalue weighted by Gasteiger charge is 2.18. The van der Waals surface area contributed by atoms with E-state index >= 15 is 0 Å². The van der Waals surface area contributed by atoms with Gasteiger partial charge in [-0.05, 0) is 39.7 Å². The normalized spacial score (nSPS) is 15.7. The fourth-order valence-electron chi connectivity index (χ4n) is 2.81. The summed E-state index contributed by atoms with van der Waals surface area (Å²) in [6, 6.07) is 1.53. The Morgan fingerprint density at radius 1 is 1.32 bits per heavy atom. The van der Waals surface area contributed by atoms with Crippen LogP contribution in [-0.4, -0.2) is 36.5 Å². The number of urea groups is 1. The van der Waals surface area contributed by atoms with Crippen molar-refractivity contribution in [3.63, 3.8) is 0 Å². The van der Waals surface area contributed by atoms with Gasteiger partial charge in [-0.3, -0.25) is 4.79 Å². The number of likely N-dealkylation sites (tertiary alicyclic amines) is 1. The van der Waals surface area contributed by atoms with Crippen LogP contribution in [0.3, 0.4) is 0 Å². The van der Waals surface area contributed by atoms with E-state index in [4.69, 9.17) is 4.42 Å². The fourth-order valence-corrected chi connectivity index (χ4v) is 2.81. The van der Waals surface area contributed by atoms with E-state index in [-0.39, 0.29) is 18.0 Å². The first kappa shape index (κ1) is 16.4. The molecule has 0 bridgehead atoms. The van der Waals surface area contributed by atoms with Crippen molar-refractivity contribution in [3.05, 3.63) is 23.2 Å². The van der Waals surface area contributed by atoms with Crippen LogP contribution in [0.15, 0.2) is 10.5 Å². The third-order valence-electron chi connectivity index (χ3n) is 3.98. The molecule has 2 N–H and O–H groups in total. The van der Waals surface area contributed by atoms with E-state index in [9.17, 15) is 9.59 Å². The standard InChI is InChI=1S/C16H25N3O3/c1-11-10-14(13(3)22-11)12(2)18-16(21)17-7-6-15(20)19-8-4-5-9-19/h10,12H,4-9H2,1-3H3,(H2,17,18,21). The summed E-state index contributed by atoms with van der Waals surface area (Å²) in [6.45, 7) is 7.73. The average Bonchev–Trinajstić information content (AvgIpc) is 3.08. The molecule has 0 spiro atoms. The molecule has 2 rings (SSSR count). The molecule has 122 valence electrons. The van der Waals surface area contributed by atoms with E-state index in [0.717, 1.165) is 43.0 Å². The summed E-state index contributed by atoms with van der Waals surface area (Å²) in [4.78, 5) is 25.6. The SMILES string of the molecule is Cc1cc(C(C)NC(=O)NCCC(=O)N2CCCC2)c(C)o1. The summed E-state index contributed by atoms with van der Waals surface area (Å²) >= 11 is 0. The van der Waals surface area contributed by atoms with Crippen molar-refractivity contribution < 1.29 is 14.0 Å². The first-order chi connectivity index (χ1) is 10.5. The minimum atomic E-state index is -0.264. The minimum absolute atomic E-state index is 0.118. The number of furan rings is 1. The Bertz CT molecular complexity index is 533. The predicted molar refractivity (Wildman–Crippen MR) is 83.6 cm³/mol. The average molecular weight is 307 g/mol. The lowest BCUT2D eigenvalue weighted by atomic mass is 10.1. The van der Waals surface area contributed by atoms with Crippen LogP contribution in [0.4, 0.5) is 4.79 Å². The van der Waals surface area contributed by atoms with Crippen molar-refractivity contribution >= 4 is 11.9 Å². The highest BCUT2D eigenvalue weighted by atomic mass is 16.3. The van der Waals surface area contributed by atoms with Crippen LogP contribution in [0.25, 0.3) is 0 Å². The quantitative estimate of drug-likeness (QED) is 0.876. The molecule has 1 fully saturated rings. The predicted octanol–water partition coefficient (Wildman–Crippen LogP) is 2.27. The van der Waals surface area contributed by atoms with Crippen molar-refractivity contribution in [1.29, 1.82) is 0 Å². The fraction of sp³-hybridized carbons (Fsp3) is 0.625. The number of amides is 3. The van der Waals surface area contributed by atoms with Gasteiger partial charge >= 0.3 is 6.03 Å². The first-order valence-electron chi connectivity index (χ1n) is 7.86. The van der Waals surface area contributed by atoms with E-state index in [2.05, 4.69) is 10.6 Å². The number of carbonyl (C=O) groups is 2. The highest BCUT2D eigenvalue weighted by molar-refractivity contribution is 5.78. The molecule has 1 aromatic heterocycles. The third kappa shape index (κ3) is 4.26. The van der Waals surface area contributed by atoms with Gasteiger partial charge in [0.05, 0.1) is 6.04 Å². The molecule has 2 heterocycles. The van der Waals surface area contributed by atoms with Crippen molar-refractivity contribution in [2.24, 2.45) is 0 Å². The number of carbonyl (C=O) groups excluding carboxylic acids is 2. The van der Waals surface area contributed by atoms with Crippen molar-refractivity contribution in [2.75, 3.05) is 19.6 Å². The summed E-state index contributed by atoms with van der Waals surface area (Å²) in [7, 11) is 0. The van der Waals surface area contributed by atoms with E-state index in [1.54, 1.807) is 0 Å². The van der Waals surface area contributed by atoms with Crippen molar-refractivity contribution in [1.82, 2.24) is 15.5 Å². The largest absolute Gasteiger partial charge is 0.466 e. The second kappa shape index (κ2) is 7.33. The molecule has 1 unspecified atom stereocenters. The second-order valence-electron chi connectivity index (χ2n) is 5.83. The van der Waals surface area contributed by atoms with Gasteiger partial charge in [-0.15, -0.1) is 0 Å². The van der Waals surface area contributed by atoms with Gasteiger partial charge in [0, 0.05) is 31.6 Å². The van der Waals surface area contributed by atoms with Crippen LogP contribution < -0.4 is 10.6 Å². The number of aryl methyl sites for hydroxylation is 2. The maximum absolute atomic E-state index is 11.9. The van der Waals surface area contributed by atoms with E-state index < -0.39 is 0 Å². The van der Waals surface area contributed by atoms with E-state index in [1.165, 1.54) is 0 Å². The Morgan fingerprint density at radius 2 is 2.00 bits per heavy atom. The lowest BCUT2D eigenvalue weighted by Crippen LogP contribution is -2.39. The van der Waals surface area contributed by atoms with Gasteiger partial charge in [0.2, 0.25) is 5.91 Å². The molecule has 1 atom stereocenters. The van der Waals surface area contributed by atoms with Crippen molar-refractivity contribution in [2.45, 2.75) is 46.1 Å². The molecule has 1 aliphatic heterocycles. The molecule has 0 aromatic carbocycles. The highest BCUT2D eigenvalue weighted by Crippen LogP contribution is 2.20. The molecule has 1 saturated heterocycles. The number of hydrogen-bond donors (Lipinski definition) is 2. The number of rotatable bonds is 5. The lowest BCUT2D eigenvalue weighted by molar-refractivity contribution is -0.129. The topological polar surface area (TPSA) is 74.6 Å². The summed E-state index contributed by atoms with van der Waals surface area (Å²) in [5.74, 6) is 1.76. The van der Waals surface area contributed by atoms with Crippen LogP contribution in [0.2, 0.25) is 0 Å². The molecule has 0 saturated carbocycles. The smallest absolute Gasteiger partial charge is 0.315 e. The Labute approximate surface area is 131 Å². The van der Waals surface area contributed by atoms with Crippen molar-refractivity contribution in [3.8, 4) is 0 Å². The third-order valence-corrected chi connectivity index (χ3v) is 3.98. The van der Waals surface area contributed by atoms with E-state index in [0.29, 0.717) is 13.0 Å². The van der Waals surface area contributed by atoms with Crippen LogP contribution >= 0.6 is 0 Å². The summed E-state index contributed by atoms with van der Waals surface area (Å²) < 4.78 is 5.46. The Balaban J connectivity index is 1.71. The maximum atomic E-state index is 11.9. The van der Waals surface area contributed by atoms with Crippen LogP contribution in [0, 0.1) is 13.8 Å². The van der Waals surface area contributed by atoms with Gasteiger partial charge in [0.15, 0.2) is 0 Å². The summed E-state index contributed by atoms with van der Waals surface area (Å²) in [5, 5.41) is 5.59. The zero-order valence-electron chi connectivity index (χ0n) is 13.6. The molecule has 6 heteroatoms. The van der Waals surface area contributed by atoms with E-state index in [1.807, 2.05) is 31.7 Å². The van der Waals surface area contributed by atoms with Crippen LogP contribution in [-0.2, 0) is 4.79 Å². The maximum Gasteiger partial charge on any atom is 0.315 e. The van der Waals surface area contributed by atoms with Gasteiger partial charge in [-0.25, -0.2) is 4.79 Å². The molecule has 1 aliphatic rings. The zero-order valence-corrected chi connectivity index (χ0v) is 13.6. The van der Waals surface area contributed by atoms with Crippen LogP contribution in [0.1, 0.15) is 49.3 Å². The molecule has 22 heavy (non-hydrogen) atoms. The van der Waals surface area contributed by atoms with Crippen LogP contribution in [0.5, 0.6) is 0 Å². The van der Waals surface area contributed by atoms with Gasteiger partial charge in [-0.2, -0.15) is 0 Å². The summed E-state index contributed by atoms with van der Waals surface area (Å²) in [6.07, 6.45) is 2.52. The van der Waals surface area contributed by atoms with Gasteiger partial charge < -0.3 is 20.0 Å². The molecular formula is C16H25N3O3. The molecule has 6 nitrogen and oxygen atoms in total. The molecular weight excluding hydrogens is 282 g/mol. The zero-order chi connectivity index (χ0) is 16.1. The molecule has 0 aliphatic carbocycles. The Hall–Kier alpha value is -1.98. The lowest BCUT2D eigenvalue weighted by Gasteiger charge is -2.16. The first-order valence-corrected chi connectivity index (χ1v) is 7.86.